The molecular formula is C25H23N3O2. The Morgan fingerprint density at radius 3 is 2.30 bits per heavy atom. The zero-order valence-electron chi connectivity index (χ0n) is 17.2. The van der Waals surface area contributed by atoms with Crippen LogP contribution in [0.25, 0.3) is 16.9 Å². The first kappa shape index (κ1) is 19.5. The highest BCUT2D eigenvalue weighted by Crippen LogP contribution is 2.24. The second kappa shape index (κ2) is 8.25. The molecule has 0 aliphatic heterocycles. The van der Waals surface area contributed by atoms with E-state index in [0.29, 0.717) is 5.69 Å². The minimum absolute atomic E-state index is 0.219. The zero-order valence-corrected chi connectivity index (χ0v) is 17.2. The second-order valence-corrected chi connectivity index (χ2v) is 7.14. The Morgan fingerprint density at radius 2 is 1.63 bits per heavy atom. The van der Waals surface area contributed by atoms with Gasteiger partial charge < -0.3 is 10.1 Å². The normalized spacial score (nSPS) is 10.6. The number of nitrogens with zero attached hydrogens (tertiary/aromatic N) is 2. The van der Waals surface area contributed by atoms with E-state index in [9.17, 15) is 4.79 Å². The van der Waals surface area contributed by atoms with E-state index in [1.54, 1.807) is 11.8 Å². The third-order valence-corrected chi connectivity index (χ3v) is 5.09. The lowest BCUT2D eigenvalue weighted by molar-refractivity contribution is 0.101. The minimum atomic E-state index is -0.219. The lowest BCUT2D eigenvalue weighted by Gasteiger charge is -2.10. The largest absolute Gasteiger partial charge is 0.497 e. The summed E-state index contributed by atoms with van der Waals surface area (Å²) < 4.78 is 6.91. The topological polar surface area (TPSA) is 56.2 Å². The minimum Gasteiger partial charge on any atom is -0.497 e. The summed E-state index contributed by atoms with van der Waals surface area (Å²) in [6.07, 6.45) is 0. The highest BCUT2D eigenvalue weighted by molar-refractivity contribution is 6.04. The SMILES string of the molecule is COc1ccc(-n2nc(-c3ccccc3)cc2C(=O)Nc2ccc(C)c(C)c2)cc1. The van der Waals surface area contributed by atoms with Crippen molar-refractivity contribution in [1.82, 2.24) is 9.78 Å². The predicted molar refractivity (Wildman–Crippen MR) is 119 cm³/mol. The Kier molecular flexibility index (Phi) is 5.35. The number of amides is 1. The van der Waals surface area contributed by atoms with Gasteiger partial charge in [-0.2, -0.15) is 5.10 Å². The molecule has 0 fully saturated rings. The first-order valence-electron chi connectivity index (χ1n) is 9.73. The fourth-order valence-electron chi connectivity index (χ4n) is 3.23. The Morgan fingerprint density at radius 1 is 0.900 bits per heavy atom. The summed E-state index contributed by atoms with van der Waals surface area (Å²) in [5, 5.41) is 7.71. The van der Waals surface area contributed by atoms with E-state index in [1.165, 1.54) is 5.56 Å². The van der Waals surface area contributed by atoms with Crippen LogP contribution in [0.1, 0.15) is 21.6 Å². The number of ether oxygens (including phenoxy) is 1. The molecule has 4 rings (SSSR count). The molecular weight excluding hydrogens is 374 g/mol. The molecule has 0 radical (unpaired) electrons. The highest BCUT2D eigenvalue weighted by atomic mass is 16.5. The number of nitrogens with one attached hydrogen (secondary N) is 1. The molecule has 5 nitrogen and oxygen atoms in total. The molecule has 0 saturated heterocycles. The molecule has 1 amide bonds. The van der Waals surface area contributed by atoms with E-state index >= 15 is 0 Å². The molecule has 3 aromatic carbocycles. The van der Waals surface area contributed by atoms with Gasteiger partial charge in [-0.3, -0.25) is 4.79 Å². The van der Waals surface area contributed by atoms with Crippen LogP contribution in [0.2, 0.25) is 0 Å². The average molecular weight is 397 g/mol. The van der Waals surface area contributed by atoms with Crippen molar-refractivity contribution in [3.63, 3.8) is 0 Å². The van der Waals surface area contributed by atoms with Crippen LogP contribution < -0.4 is 10.1 Å². The van der Waals surface area contributed by atoms with Gasteiger partial charge in [0.05, 0.1) is 18.5 Å². The number of aryl methyl sites for hydroxylation is 2. The Balaban J connectivity index is 1.74. The first-order valence-corrected chi connectivity index (χ1v) is 9.73. The van der Waals surface area contributed by atoms with E-state index in [-0.39, 0.29) is 5.91 Å². The van der Waals surface area contributed by atoms with Crippen LogP contribution >= 0.6 is 0 Å². The molecule has 0 unspecified atom stereocenters. The number of aromatic nitrogens is 2. The van der Waals surface area contributed by atoms with Crippen LogP contribution in [0.15, 0.2) is 78.9 Å². The number of methoxy groups -OCH3 is 1. The summed E-state index contributed by atoms with van der Waals surface area (Å²) in [5.74, 6) is 0.527. The standard InChI is InChI=1S/C25H23N3O2/c1-17-9-10-20(15-18(17)2)26-25(29)24-16-23(19-7-5-4-6-8-19)27-28(24)21-11-13-22(30-3)14-12-21/h4-16H,1-3H3,(H,26,29). The molecule has 1 heterocycles. The van der Waals surface area contributed by atoms with Crippen molar-refractivity contribution in [1.29, 1.82) is 0 Å². The molecule has 0 aliphatic carbocycles. The van der Waals surface area contributed by atoms with Crippen LogP contribution in [0.3, 0.4) is 0 Å². The van der Waals surface area contributed by atoms with Crippen molar-refractivity contribution < 1.29 is 9.53 Å². The van der Waals surface area contributed by atoms with Crippen molar-refractivity contribution in [3.8, 4) is 22.7 Å². The summed E-state index contributed by atoms with van der Waals surface area (Å²) in [6.45, 7) is 4.08. The van der Waals surface area contributed by atoms with Gasteiger partial charge in [0.15, 0.2) is 0 Å². The van der Waals surface area contributed by atoms with Gasteiger partial charge in [-0.1, -0.05) is 36.4 Å². The molecule has 1 aromatic heterocycles. The van der Waals surface area contributed by atoms with Gasteiger partial charge in [0, 0.05) is 11.3 Å². The lowest BCUT2D eigenvalue weighted by atomic mass is 10.1. The zero-order chi connectivity index (χ0) is 21.1. The fraction of sp³-hybridized carbons (Fsp3) is 0.120. The molecule has 0 saturated carbocycles. The van der Waals surface area contributed by atoms with Crippen molar-refractivity contribution in [2.45, 2.75) is 13.8 Å². The summed E-state index contributed by atoms with van der Waals surface area (Å²) in [4.78, 5) is 13.2. The van der Waals surface area contributed by atoms with Crippen molar-refractivity contribution in [3.05, 3.63) is 95.7 Å². The molecule has 30 heavy (non-hydrogen) atoms. The molecule has 0 bridgehead atoms. The molecule has 1 N–H and O–H groups in total. The van der Waals surface area contributed by atoms with Gasteiger partial charge in [0.2, 0.25) is 0 Å². The maximum absolute atomic E-state index is 13.2. The third-order valence-electron chi connectivity index (χ3n) is 5.09. The third kappa shape index (κ3) is 3.96. The first-order chi connectivity index (χ1) is 14.5. The monoisotopic (exact) mass is 397 g/mol. The second-order valence-electron chi connectivity index (χ2n) is 7.14. The van der Waals surface area contributed by atoms with Crippen LogP contribution in [-0.4, -0.2) is 22.8 Å². The summed E-state index contributed by atoms with van der Waals surface area (Å²) in [6, 6.07) is 25.0. The molecule has 0 spiro atoms. The Hall–Kier alpha value is -3.86. The van der Waals surface area contributed by atoms with Gasteiger partial charge in [0.25, 0.3) is 5.91 Å². The van der Waals surface area contributed by atoms with E-state index in [2.05, 4.69) is 5.32 Å². The number of hydrogen-bond donors (Lipinski definition) is 1. The summed E-state index contributed by atoms with van der Waals surface area (Å²) >= 11 is 0. The predicted octanol–water partition coefficient (Wildman–Crippen LogP) is 5.42. The number of carbonyl (C=O) groups excluding carboxylic acids is 1. The van der Waals surface area contributed by atoms with Crippen molar-refractivity contribution in [2.75, 3.05) is 12.4 Å². The molecule has 5 heteroatoms. The smallest absolute Gasteiger partial charge is 0.274 e. The number of benzene rings is 3. The van der Waals surface area contributed by atoms with Gasteiger partial charge in [-0.25, -0.2) is 4.68 Å². The lowest BCUT2D eigenvalue weighted by Crippen LogP contribution is -2.17. The maximum Gasteiger partial charge on any atom is 0.274 e. The van der Waals surface area contributed by atoms with Crippen LogP contribution in [0.5, 0.6) is 5.75 Å². The van der Waals surface area contributed by atoms with Gasteiger partial charge >= 0.3 is 0 Å². The van der Waals surface area contributed by atoms with Crippen LogP contribution in [0.4, 0.5) is 5.69 Å². The molecule has 0 aliphatic rings. The molecule has 4 aromatic rings. The average Bonchev–Trinajstić information content (AvgIpc) is 3.23. The number of carbonyl (C=O) groups is 1. The van der Waals surface area contributed by atoms with E-state index in [1.807, 2.05) is 92.7 Å². The van der Waals surface area contributed by atoms with E-state index < -0.39 is 0 Å². The van der Waals surface area contributed by atoms with Gasteiger partial charge in [-0.15, -0.1) is 0 Å². The van der Waals surface area contributed by atoms with Crippen LogP contribution in [0, 0.1) is 13.8 Å². The van der Waals surface area contributed by atoms with Gasteiger partial charge in [-0.05, 0) is 67.4 Å². The van der Waals surface area contributed by atoms with Crippen LogP contribution in [-0.2, 0) is 0 Å². The number of hydrogen-bond acceptors (Lipinski definition) is 3. The Labute approximate surface area is 175 Å². The fourth-order valence-corrected chi connectivity index (χ4v) is 3.23. The maximum atomic E-state index is 13.2. The number of rotatable bonds is 5. The van der Waals surface area contributed by atoms with E-state index in [0.717, 1.165) is 33.9 Å². The molecule has 0 atom stereocenters. The van der Waals surface area contributed by atoms with Crippen molar-refractivity contribution >= 4 is 11.6 Å². The molecule has 150 valence electrons. The number of anilines is 1. The summed E-state index contributed by atoms with van der Waals surface area (Å²) in [5.41, 5.74) is 5.98. The quantitative estimate of drug-likeness (QED) is 0.489. The van der Waals surface area contributed by atoms with Crippen molar-refractivity contribution in [2.24, 2.45) is 0 Å². The van der Waals surface area contributed by atoms with Gasteiger partial charge in [0.1, 0.15) is 11.4 Å². The summed E-state index contributed by atoms with van der Waals surface area (Å²) in [7, 11) is 1.62. The highest BCUT2D eigenvalue weighted by Gasteiger charge is 2.18. The van der Waals surface area contributed by atoms with E-state index in [4.69, 9.17) is 9.84 Å². The Bertz CT molecular complexity index is 1180.